The van der Waals surface area contributed by atoms with Gasteiger partial charge in [0.25, 0.3) is 5.91 Å². The van der Waals surface area contributed by atoms with Crippen molar-refractivity contribution in [3.63, 3.8) is 0 Å². The highest BCUT2D eigenvalue weighted by Crippen LogP contribution is 2.27. The van der Waals surface area contributed by atoms with Crippen molar-refractivity contribution in [1.29, 1.82) is 0 Å². The molecule has 0 aliphatic heterocycles. The van der Waals surface area contributed by atoms with Crippen LogP contribution >= 0.6 is 0 Å². The molecule has 7 heteroatoms. The van der Waals surface area contributed by atoms with E-state index in [-0.39, 0.29) is 11.8 Å². The normalized spacial score (nSPS) is 11.8. The Balaban J connectivity index is 1.54. The monoisotopic (exact) mass is 426 g/mol. The predicted molar refractivity (Wildman–Crippen MR) is 127 cm³/mol. The largest absolute Gasteiger partial charge is 0.369 e. The first kappa shape index (κ1) is 21.4. The summed E-state index contributed by atoms with van der Waals surface area (Å²) in [6.07, 6.45) is 5.07. The molecule has 0 radical (unpaired) electrons. The Kier molecular flexibility index (Phi) is 6.35. The van der Waals surface area contributed by atoms with Crippen LogP contribution in [0.1, 0.15) is 41.4 Å². The Bertz CT molecular complexity index is 1240. The van der Waals surface area contributed by atoms with Crippen LogP contribution in [-0.2, 0) is 0 Å². The fourth-order valence-corrected chi connectivity index (χ4v) is 3.65. The van der Waals surface area contributed by atoms with Crippen molar-refractivity contribution >= 4 is 22.6 Å². The van der Waals surface area contributed by atoms with Crippen molar-refractivity contribution in [3.05, 3.63) is 78.0 Å². The van der Waals surface area contributed by atoms with Gasteiger partial charge in [-0.25, -0.2) is 9.97 Å². The van der Waals surface area contributed by atoms with Crippen LogP contribution in [0.15, 0.2) is 61.2 Å². The number of pyridine rings is 2. The number of aryl methyl sites for hydroxylation is 1. The van der Waals surface area contributed by atoms with E-state index in [0.717, 1.165) is 39.2 Å². The first-order valence-corrected chi connectivity index (χ1v) is 10.7. The first-order valence-electron chi connectivity index (χ1n) is 10.7. The van der Waals surface area contributed by atoms with Gasteiger partial charge in [0, 0.05) is 54.1 Å². The lowest BCUT2D eigenvalue weighted by atomic mass is 9.96. The summed E-state index contributed by atoms with van der Waals surface area (Å²) in [5, 5.41) is 7.14. The average molecular weight is 427 g/mol. The molecule has 0 spiro atoms. The Hall–Kier alpha value is -3.87. The zero-order chi connectivity index (χ0) is 22.5. The number of aromatic nitrogens is 4. The topological polar surface area (TPSA) is 92.7 Å². The summed E-state index contributed by atoms with van der Waals surface area (Å²) in [5.74, 6) is 0.815. The quantitative estimate of drug-likeness (QED) is 0.456. The van der Waals surface area contributed by atoms with E-state index >= 15 is 0 Å². The number of carbonyl (C=O) groups excluding carboxylic acids is 1. The third-order valence-electron chi connectivity index (χ3n) is 5.38. The number of hydrogen-bond acceptors (Lipinski definition) is 6. The number of benzene rings is 1. The Morgan fingerprint density at radius 1 is 1.06 bits per heavy atom. The summed E-state index contributed by atoms with van der Waals surface area (Å²) >= 11 is 0. The fraction of sp³-hybridized carbons (Fsp3) is 0.240. The van der Waals surface area contributed by atoms with Gasteiger partial charge < -0.3 is 10.6 Å². The van der Waals surface area contributed by atoms with E-state index in [2.05, 4.69) is 43.6 Å². The van der Waals surface area contributed by atoms with Gasteiger partial charge in [-0.15, -0.1) is 0 Å². The lowest BCUT2D eigenvalue weighted by Crippen LogP contribution is -2.23. The molecule has 4 aromatic rings. The van der Waals surface area contributed by atoms with Crippen molar-refractivity contribution in [2.75, 3.05) is 18.4 Å². The summed E-state index contributed by atoms with van der Waals surface area (Å²) in [4.78, 5) is 30.1. The second-order valence-electron chi connectivity index (χ2n) is 7.72. The van der Waals surface area contributed by atoms with E-state index in [1.165, 1.54) is 0 Å². The summed E-state index contributed by atoms with van der Waals surface area (Å²) in [6, 6.07) is 13.7. The summed E-state index contributed by atoms with van der Waals surface area (Å²) in [5.41, 5.74) is 5.31. The van der Waals surface area contributed by atoms with Gasteiger partial charge in [0.15, 0.2) is 0 Å². The second-order valence-corrected chi connectivity index (χ2v) is 7.72. The number of fused-ring (bicyclic) bond motifs is 1. The predicted octanol–water partition coefficient (Wildman–Crippen LogP) is 4.36. The van der Waals surface area contributed by atoms with E-state index < -0.39 is 0 Å². The van der Waals surface area contributed by atoms with Crippen molar-refractivity contribution in [2.24, 2.45) is 0 Å². The molecule has 2 N–H and O–H groups in total. The van der Waals surface area contributed by atoms with Gasteiger partial charge in [0.2, 0.25) is 0 Å². The number of para-hydroxylation sites is 1. The van der Waals surface area contributed by atoms with Crippen LogP contribution in [0.2, 0.25) is 0 Å². The third-order valence-corrected chi connectivity index (χ3v) is 5.38. The molecule has 0 bridgehead atoms. The van der Waals surface area contributed by atoms with Crippen LogP contribution < -0.4 is 10.6 Å². The highest BCUT2D eigenvalue weighted by Gasteiger charge is 2.15. The molecule has 0 saturated carbocycles. The molecule has 162 valence electrons. The number of hydrogen-bond donors (Lipinski definition) is 2. The number of nitrogens with one attached hydrogen (secondary N) is 2. The van der Waals surface area contributed by atoms with E-state index in [4.69, 9.17) is 0 Å². The van der Waals surface area contributed by atoms with Gasteiger partial charge in [-0.1, -0.05) is 25.1 Å². The van der Waals surface area contributed by atoms with Crippen LogP contribution in [0.25, 0.3) is 22.2 Å². The molecule has 1 atom stereocenters. The molecule has 0 aliphatic carbocycles. The number of anilines is 1. The zero-order valence-electron chi connectivity index (χ0n) is 18.5. The van der Waals surface area contributed by atoms with Gasteiger partial charge in [0.1, 0.15) is 12.1 Å². The molecular weight excluding hydrogens is 400 g/mol. The molecule has 32 heavy (non-hydrogen) atoms. The minimum atomic E-state index is -0.0815. The molecule has 7 nitrogen and oxygen atoms in total. The van der Waals surface area contributed by atoms with Crippen molar-refractivity contribution < 1.29 is 4.79 Å². The highest BCUT2D eigenvalue weighted by molar-refractivity contribution is 6.06. The molecule has 3 aromatic heterocycles. The molecular formula is C25H26N6O. The van der Waals surface area contributed by atoms with Crippen LogP contribution in [-0.4, -0.2) is 38.9 Å². The molecule has 1 aromatic carbocycles. The van der Waals surface area contributed by atoms with Crippen LogP contribution in [0.5, 0.6) is 0 Å². The SMILES string of the molecule is CCNC(=O)c1ccnc2c([C@H](C)CNc3cc(-c4ccc(C)nc4)ncn3)cccc12. The van der Waals surface area contributed by atoms with Crippen molar-refractivity contribution in [3.8, 4) is 11.3 Å². The maximum Gasteiger partial charge on any atom is 0.252 e. The van der Waals surface area contributed by atoms with Crippen LogP contribution in [0, 0.1) is 6.92 Å². The zero-order valence-corrected chi connectivity index (χ0v) is 18.5. The number of amides is 1. The molecule has 0 unspecified atom stereocenters. The lowest BCUT2D eigenvalue weighted by Gasteiger charge is -2.16. The number of nitrogens with zero attached hydrogens (tertiary/aromatic N) is 4. The summed E-state index contributed by atoms with van der Waals surface area (Å²) < 4.78 is 0. The van der Waals surface area contributed by atoms with Crippen LogP contribution in [0.4, 0.5) is 5.82 Å². The Morgan fingerprint density at radius 2 is 1.94 bits per heavy atom. The highest BCUT2D eigenvalue weighted by atomic mass is 16.1. The smallest absolute Gasteiger partial charge is 0.252 e. The van der Waals surface area contributed by atoms with Gasteiger partial charge in [-0.05, 0) is 37.6 Å². The first-order chi connectivity index (χ1) is 15.6. The molecule has 0 aliphatic rings. The van der Waals surface area contributed by atoms with Crippen LogP contribution in [0.3, 0.4) is 0 Å². The van der Waals surface area contributed by atoms with Gasteiger partial charge in [0.05, 0.1) is 16.8 Å². The van der Waals surface area contributed by atoms with E-state index in [1.807, 2.05) is 50.4 Å². The molecule has 4 rings (SSSR count). The second kappa shape index (κ2) is 9.51. The maximum atomic E-state index is 12.4. The average Bonchev–Trinajstić information content (AvgIpc) is 2.82. The van der Waals surface area contributed by atoms with Gasteiger partial charge in [-0.3, -0.25) is 14.8 Å². The van der Waals surface area contributed by atoms with E-state index in [9.17, 15) is 4.79 Å². The fourth-order valence-electron chi connectivity index (χ4n) is 3.65. The van der Waals surface area contributed by atoms with E-state index in [0.29, 0.717) is 18.7 Å². The minimum Gasteiger partial charge on any atom is -0.369 e. The Morgan fingerprint density at radius 3 is 2.72 bits per heavy atom. The summed E-state index contributed by atoms with van der Waals surface area (Å²) in [6.45, 7) is 7.25. The molecule has 0 fully saturated rings. The maximum absolute atomic E-state index is 12.4. The lowest BCUT2D eigenvalue weighted by molar-refractivity contribution is 0.0957. The van der Waals surface area contributed by atoms with Crippen molar-refractivity contribution in [2.45, 2.75) is 26.7 Å². The Labute approximate surface area is 187 Å². The minimum absolute atomic E-state index is 0.0815. The van der Waals surface area contributed by atoms with Gasteiger partial charge in [-0.2, -0.15) is 0 Å². The molecule has 0 saturated heterocycles. The van der Waals surface area contributed by atoms with Gasteiger partial charge >= 0.3 is 0 Å². The third kappa shape index (κ3) is 4.56. The number of rotatable bonds is 7. The standard InChI is InChI=1S/C25H26N6O/c1-4-26-25(32)21-10-11-27-24-19(6-5-7-20(21)24)16(2)13-29-23-12-22(30-15-31-23)18-9-8-17(3)28-14-18/h5-12,14-16H,4,13H2,1-3H3,(H,26,32)(H,29,30,31)/t16-/m1/s1. The van der Waals surface area contributed by atoms with E-state index in [1.54, 1.807) is 18.6 Å². The van der Waals surface area contributed by atoms with Crippen molar-refractivity contribution in [1.82, 2.24) is 25.3 Å². The molecule has 1 amide bonds. The number of carbonyl (C=O) groups is 1. The molecule has 3 heterocycles. The summed E-state index contributed by atoms with van der Waals surface area (Å²) in [7, 11) is 0.